The smallest absolute Gasteiger partial charge is 0.314 e. The summed E-state index contributed by atoms with van der Waals surface area (Å²) in [4.78, 5) is 31.6. The van der Waals surface area contributed by atoms with Gasteiger partial charge in [0.25, 0.3) is 0 Å². The maximum Gasteiger partial charge on any atom is 0.314 e. The molecule has 7 nitrogen and oxygen atoms in total. The van der Waals surface area contributed by atoms with Crippen LogP contribution in [0.2, 0.25) is 0 Å². The van der Waals surface area contributed by atoms with Gasteiger partial charge >= 0.3 is 11.9 Å². The zero-order chi connectivity index (χ0) is 27.8. The number of carbonyl (C=O) groups excluding carboxylic acids is 2. The maximum absolute atomic E-state index is 12.3. The van der Waals surface area contributed by atoms with Gasteiger partial charge in [-0.15, -0.1) is 0 Å². The van der Waals surface area contributed by atoms with Crippen molar-refractivity contribution in [1.29, 1.82) is 0 Å². The number of esters is 2. The van der Waals surface area contributed by atoms with Crippen molar-refractivity contribution in [2.45, 2.75) is 67.7 Å². The molecule has 1 fully saturated rings. The van der Waals surface area contributed by atoms with Crippen molar-refractivity contribution in [3.63, 3.8) is 0 Å². The molecule has 8 heteroatoms. The highest BCUT2D eigenvalue weighted by Crippen LogP contribution is 2.36. The van der Waals surface area contributed by atoms with Crippen LogP contribution in [0.25, 0.3) is 16.7 Å². The largest absolute Gasteiger partial charge is 0.428 e. The fourth-order valence-electron chi connectivity index (χ4n) is 5.25. The molecule has 0 aliphatic carbocycles. The Morgan fingerprint density at radius 2 is 1.63 bits per heavy atom. The molecule has 204 valence electrons. The second-order valence-corrected chi connectivity index (χ2v) is 12.4. The fraction of sp³-hybridized carbons (Fsp3) is 0.500. The van der Waals surface area contributed by atoms with E-state index in [1.807, 2.05) is 6.92 Å². The lowest BCUT2D eigenvalue weighted by molar-refractivity contribution is -0.173. The zero-order valence-corrected chi connectivity index (χ0v) is 25.1. The number of hydrogen-bond donors (Lipinski definition) is 0. The molecular formula is C30H38BrN3O4. The Kier molecular flexibility index (Phi) is 8.21. The Bertz CT molecular complexity index is 1340. The van der Waals surface area contributed by atoms with Crippen LogP contribution in [0.15, 0.2) is 28.9 Å². The Labute approximate surface area is 233 Å². The molecule has 0 atom stereocenters. The Morgan fingerprint density at radius 1 is 1.00 bits per heavy atom. The summed E-state index contributed by atoms with van der Waals surface area (Å²) >= 11 is 3.61. The number of aromatic nitrogens is 2. The lowest BCUT2D eigenvalue weighted by Gasteiger charge is -2.34. The Morgan fingerprint density at radius 3 is 2.24 bits per heavy atom. The van der Waals surface area contributed by atoms with Crippen molar-refractivity contribution in [1.82, 2.24) is 9.55 Å². The van der Waals surface area contributed by atoms with E-state index in [2.05, 4.69) is 70.6 Å². The van der Waals surface area contributed by atoms with Crippen molar-refractivity contribution in [2.75, 3.05) is 24.8 Å². The van der Waals surface area contributed by atoms with E-state index in [-0.39, 0.29) is 24.6 Å². The van der Waals surface area contributed by atoms with Crippen molar-refractivity contribution >= 4 is 44.6 Å². The third-order valence-electron chi connectivity index (χ3n) is 7.18. The molecule has 3 aromatic rings. The molecule has 0 radical (unpaired) electrons. The number of anilines is 1. The minimum Gasteiger partial charge on any atom is -0.428 e. The molecule has 0 saturated carbocycles. The maximum atomic E-state index is 12.3. The number of hydrogen-bond acceptors (Lipinski definition) is 6. The minimum absolute atomic E-state index is 0.245. The SMILES string of the molecule is Cc1cc(N2CCC(CC(=O)OCOC(=O)C(C)(C)C)CC2)c2c(C)cn(-c3c(C)cc(Br)cc3C)c2n1. The van der Waals surface area contributed by atoms with Crippen molar-refractivity contribution in [2.24, 2.45) is 11.3 Å². The number of nitrogens with zero attached hydrogens (tertiary/aromatic N) is 3. The molecule has 1 aliphatic rings. The average Bonchev–Trinajstić information content (AvgIpc) is 3.13. The first-order valence-corrected chi connectivity index (χ1v) is 14.0. The van der Waals surface area contributed by atoms with E-state index in [1.54, 1.807) is 20.8 Å². The van der Waals surface area contributed by atoms with Crippen molar-refractivity contribution < 1.29 is 19.1 Å². The summed E-state index contributed by atoms with van der Waals surface area (Å²) in [5.41, 5.74) is 7.28. The molecule has 1 aromatic carbocycles. The third-order valence-corrected chi connectivity index (χ3v) is 7.64. The quantitative estimate of drug-likeness (QED) is 0.237. The number of aryl methyl sites for hydroxylation is 4. The van der Waals surface area contributed by atoms with Crippen molar-refractivity contribution in [3.8, 4) is 5.69 Å². The summed E-state index contributed by atoms with van der Waals surface area (Å²) in [6.07, 6.45) is 4.32. The molecule has 4 rings (SSSR count). The number of carbonyl (C=O) groups is 2. The topological polar surface area (TPSA) is 73.7 Å². The molecule has 1 saturated heterocycles. The minimum atomic E-state index is -0.620. The highest BCUT2D eigenvalue weighted by atomic mass is 79.9. The van der Waals surface area contributed by atoms with Crippen LogP contribution in [0.1, 0.15) is 62.4 Å². The lowest BCUT2D eigenvalue weighted by Crippen LogP contribution is -2.35. The first-order chi connectivity index (χ1) is 17.8. The van der Waals surface area contributed by atoms with E-state index in [4.69, 9.17) is 14.5 Å². The lowest BCUT2D eigenvalue weighted by atomic mass is 9.93. The number of ether oxygens (including phenoxy) is 2. The first kappa shape index (κ1) is 28.1. The molecule has 1 aliphatic heterocycles. The van der Waals surface area contributed by atoms with Crippen LogP contribution in [0.5, 0.6) is 0 Å². The molecule has 0 amide bonds. The normalized spacial score (nSPS) is 14.7. The molecule has 3 heterocycles. The van der Waals surface area contributed by atoms with Crippen LogP contribution in [0.4, 0.5) is 5.69 Å². The van der Waals surface area contributed by atoms with Gasteiger partial charge in [0.15, 0.2) is 0 Å². The van der Waals surface area contributed by atoms with Gasteiger partial charge in [0, 0.05) is 46.9 Å². The molecule has 0 spiro atoms. The van der Waals surface area contributed by atoms with E-state index >= 15 is 0 Å². The van der Waals surface area contributed by atoms with E-state index in [1.165, 1.54) is 33.5 Å². The van der Waals surface area contributed by atoms with E-state index in [0.717, 1.165) is 41.7 Å². The number of benzene rings is 1. The van der Waals surface area contributed by atoms with Gasteiger partial charge < -0.3 is 18.9 Å². The van der Waals surface area contributed by atoms with E-state index in [0.29, 0.717) is 6.42 Å². The van der Waals surface area contributed by atoms with Crippen LogP contribution >= 0.6 is 15.9 Å². The van der Waals surface area contributed by atoms with Gasteiger partial charge in [0.05, 0.1) is 11.1 Å². The highest BCUT2D eigenvalue weighted by molar-refractivity contribution is 9.10. The van der Waals surface area contributed by atoms with E-state index in [9.17, 15) is 9.59 Å². The summed E-state index contributed by atoms with van der Waals surface area (Å²) in [7, 11) is 0. The van der Waals surface area contributed by atoms with E-state index < -0.39 is 5.41 Å². The third kappa shape index (κ3) is 6.06. The summed E-state index contributed by atoms with van der Waals surface area (Å²) in [6, 6.07) is 6.47. The van der Waals surface area contributed by atoms with Crippen LogP contribution < -0.4 is 4.90 Å². The van der Waals surface area contributed by atoms with Gasteiger partial charge in [-0.1, -0.05) is 15.9 Å². The standard InChI is InChI=1S/C30H38BrN3O4/c1-18-12-23(31)13-19(2)27(18)34-16-20(3)26-24(14-21(4)32-28(26)34)33-10-8-22(9-11-33)15-25(35)37-17-38-29(36)30(5,6)7/h12-14,16,22H,8-11,15,17H2,1-7H3. The van der Waals surface area contributed by atoms with Crippen molar-refractivity contribution in [3.05, 3.63) is 51.3 Å². The van der Waals surface area contributed by atoms with Gasteiger partial charge in [-0.05, 0) is 102 Å². The molecule has 0 unspecified atom stereocenters. The van der Waals surface area contributed by atoms with Gasteiger partial charge in [-0.25, -0.2) is 4.98 Å². The first-order valence-electron chi connectivity index (χ1n) is 13.2. The van der Waals surface area contributed by atoms with Gasteiger partial charge in [-0.2, -0.15) is 0 Å². The Hall–Kier alpha value is -2.87. The van der Waals surface area contributed by atoms with Crippen LogP contribution in [-0.2, 0) is 19.1 Å². The Balaban J connectivity index is 1.47. The van der Waals surface area contributed by atoms with Gasteiger partial charge in [0.1, 0.15) is 5.65 Å². The molecule has 0 N–H and O–H groups in total. The predicted octanol–water partition coefficient (Wildman–Crippen LogP) is 6.72. The second-order valence-electron chi connectivity index (χ2n) is 11.5. The molecule has 38 heavy (non-hydrogen) atoms. The van der Waals surface area contributed by atoms with Crippen LogP contribution in [0, 0.1) is 39.0 Å². The summed E-state index contributed by atoms with van der Waals surface area (Å²) in [5.74, 6) is -0.457. The number of piperidine rings is 1. The highest BCUT2D eigenvalue weighted by Gasteiger charge is 2.27. The summed E-state index contributed by atoms with van der Waals surface area (Å²) < 4.78 is 13.5. The molecular weight excluding hydrogens is 546 g/mol. The fourth-order valence-corrected chi connectivity index (χ4v) is 5.94. The number of fused-ring (bicyclic) bond motifs is 1. The summed E-state index contributed by atoms with van der Waals surface area (Å²) in [6.45, 7) is 15.2. The number of pyridine rings is 1. The van der Waals surface area contributed by atoms with Crippen LogP contribution in [-0.4, -0.2) is 41.4 Å². The predicted molar refractivity (Wildman–Crippen MR) is 154 cm³/mol. The monoisotopic (exact) mass is 583 g/mol. The molecule has 2 aromatic heterocycles. The zero-order valence-electron chi connectivity index (χ0n) is 23.5. The van der Waals surface area contributed by atoms with Gasteiger partial charge in [0.2, 0.25) is 6.79 Å². The second kappa shape index (κ2) is 11.1. The number of halogens is 1. The molecule has 0 bridgehead atoms. The average molecular weight is 585 g/mol. The number of rotatable bonds is 6. The summed E-state index contributed by atoms with van der Waals surface area (Å²) in [5, 5.41) is 1.18. The van der Waals surface area contributed by atoms with Crippen LogP contribution in [0.3, 0.4) is 0 Å². The van der Waals surface area contributed by atoms with Gasteiger partial charge in [-0.3, -0.25) is 9.59 Å².